The zero-order chi connectivity index (χ0) is 13.1. The van der Waals surface area contributed by atoms with Crippen molar-refractivity contribution in [3.63, 3.8) is 0 Å². The van der Waals surface area contributed by atoms with Gasteiger partial charge in [-0.05, 0) is 50.9 Å². The van der Waals surface area contributed by atoms with Crippen LogP contribution in [0, 0.1) is 0 Å². The highest BCUT2D eigenvalue weighted by atomic mass is 16.2. The Morgan fingerprint density at radius 2 is 1.95 bits per heavy atom. The predicted octanol–water partition coefficient (Wildman–Crippen LogP) is 2.08. The normalized spacial score (nSPS) is 21.7. The van der Waals surface area contributed by atoms with Crippen molar-refractivity contribution in [2.75, 3.05) is 13.1 Å². The van der Waals surface area contributed by atoms with Gasteiger partial charge in [-0.2, -0.15) is 0 Å². The molecule has 1 saturated carbocycles. The fourth-order valence-electron chi connectivity index (χ4n) is 3.32. The highest BCUT2D eigenvalue weighted by molar-refractivity contribution is 5.93. The maximum Gasteiger partial charge on any atom is 0.268 e. The van der Waals surface area contributed by atoms with E-state index >= 15 is 0 Å². The maximum atomic E-state index is 12.4. The molecule has 104 valence electrons. The lowest BCUT2D eigenvalue weighted by Gasteiger charge is -2.26. The van der Waals surface area contributed by atoms with Crippen molar-refractivity contribution < 1.29 is 4.79 Å². The van der Waals surface area contributed by atoms with Gasteiger partial charge in [0.05, 0.1) is 0 Å². The molecule has 2 N–H and O–H groups in total. The molecule has 1 aliphatic carbocycles. The Bertz CT molecular complexity index is 428. The first-order valence-electron chi connectivity index (χ1n) is 7.53. The summed E-state index contributed by atoms with van der Waals surface area (Å²) < 4.78 is 2.17. The van der Waals surface area contributed by atoms with Gasteiger partial charge < -0.3 is 15.2 Å². The largest absolute Gasteiger partial charge is 0.348 e. The minimum atomic E-state index is 0.107. The van der Waals surface area contributed by atoms with E-state index < -0.39 is 0 Å². The molecule has 1 saturated heterocycles. The summed E-state index contributed by atoms with van der Waals surface area (Å²) in [6, 6.07) is 4.81. The lowest BCUT2D eigenvalue weighted by atomic mass is 10.1. The fraction of sp³-hybridized carbons (Fsp3) is 0.667. The van der Waals surface area contributed by atoms with E-state index in [1.807, 2.05) is 12.1 Å². The minimum absolute atomic E-state index is 0.107. The quantitative estimate of drug-likeness (QED) is 0.875. The average Bonchev–Trinajstić information content (AvgIpc) is 3.10. The molecule has 1 aliphatic heterocycles. The third kappa shape index (κ3) is 2.84. The molecule has 19 heavy (non-hydrogen) atoms. The van der Waals surface area contributed by atoms with E-state index in [1.54, 1.807) is 0 Å². The van der Waals surface area contributed by atoms with E-state index in [0.717, 1.165) is 44.5 Å². The lowest BCUT2D eigenvalue weighted by Crippen LogP contribution is -2.36. The molecular weight excluding hydrogens is 238 g/mol. The molecule has 2 aliphatic rings. The first-order chi connectivity index (χ1) is 9.34. The summed E-state index contributed by atoms with van der Waals surface area (Å²) in [6.07, 6.45) is 9.05. The van der Waals surface area contributed by atoms with Crippen molar-refractivity contribution in [3.05, 3.63) is 24.0 Å². The molecule has 0 aromatic carbocycles. The summed E-state index contributed by atoms with van der Waals surface area (Å²) in [4.78, 5) is 12.4. The highest BCUT2D eigenvalue weighted by Gasteiger charge is 2.22. The monoisotopic (exact) mass is 261 g/mol. The van der Waals surface area contributed by atoms with E-state index in [1.165, 1.54) is 12.8 Å². The van der Waals surface area contributed by atoms with Gasteiger partial charge in [0.15, 0.2) is 0 Å². The van der Waals surface area contributed by atoms with Gasteiger partial charge >= 0.3 is 0 Å². The number of hydrogen-bond acceptors (Lipinski definition) is 2. The summed E-state index contributed by atoms with van der Waals surface area (Å²) in [5.41, 5.74) is 0.832. The Hall–Kier alpha value is -1.29. The Kier molecular flexibility index (Phi) is 3.87. The van der Waals surface area contributed by atoms with Crippen LogP contribution in [0.2, 0.25) is 0 Å². The van der Waals surface area contributed by atoms with Gasteiger partial charge in [0, 0.05) is 18.3 Å². The molecular formula is C15H23N3O. The molecule has 0 unspecified atom stereocenters. The minimum Gasteiger partial charge on any atom is -0.348 e. The topological polar surface area (TPSA) is 46.1 Å². The number of carbonyl (C=O) groups is 1. The molecule has 4 nitrogen and oxygen atoms in total. The maximum absolute atomic E-state index is 12.4. The van der Waals surface area contributed by atoms with Crippen LogP contribution in [0.15, 0.2) is 18.3 Å². The summed E-state index contributed by atoms with van der Waals surface area (Å²) in [5.74, 6) is 0.107. The van der Waals surface area contributed by atoms with Crippen molar-refractivity contribution in [2.24, 2.45) is 0 Å². The average molecular weight is 261 g/mol. The number of aromatic nitrogens is 1. The summed E-state index contributed by atoms with van der Waals surface area (Å²) >= 11 is 0. The van der Waals surface area contributed by atoms with Crippen molar-refractivity contribution in [2.45, 2.75) is 50.6 Å². The van der Waals surface area contributed by atoms with Crippen LogP contribution < -0.4 is 10.6 Å². The van der Waals surface area contributed by atoms with Crippen LogP contribution >= 0.6 is 0 Å². The number of hydrogen-bond donors (Lipinski definition) is 2. The van der Waals surface area contributed by atoms with Crippen molar-refractivity contribution in [3.8, 4) is 0 Å². The van der Waals surface area contributed by atoms with Crippen molar-refractivity contribution in [1.82, 2.24) is 15.2 Å². The van der Waals surface area contributed by atoms with Gasteiger partial charge in [-0.25, -0.2) is 0 Å². The second kappa shape index (κ2) is 5.78. The number of nitrogens with zero attached hydrogens (tertiary/aromatic N) is 1. The Labute approximate surface area is 114 Å². The SMILES string of the molecule is O=C(NC1CCCC1)c1cccn1C1CCNCC1. The van der Waals surface area contributed by atoms with Crippen LogP contribution in [0.4, 0.5) is 0 Å². The van der Waals surface area contributed by atoms with Crippen LogP contribution in [0.25, 0.3) is 0 Å². The molecule has 2 heterocycles. The number of amides is 1. The van der Waals surface area contributed by atoms with E-state index in [-0.39, 0.29) is 5.91 Å². The van der Waals surface area contributed by atoms with E-state index in [0.29, 0.717) is 12.1 Å². The second-order valence-corrected chi connectivity index (χ2v) is 5.74. The molecule has 0 atom stereocenters. The zero-order valence-corrected chi connectivity index (χ0v) is 11.4. The van der Waals surface area contributed by atoms with Gasteiger partial charge in [0.2, 0.25) is 0 Å². The van der Waals surface area contributed by atoms with Crippen molar-refractivity contribution in [1.29, 1.82) is 0 Å². The van der Waals surface area contributed by atoms with Gasteiger partial charge in [-0.15, -0.1) is 0 Å². The predicted molar refractivity (Wildman–Crippen MR) is 75.3 cm³/mol. The van der Waals surface area contributed by atoms with E-state index in [4.69, 9.17) is 0 Å². The van der Waals surface area contributed by atoms with Gasteiger partial charge in [0.25, 0.3) is 5.91 Å². The molecule has 0 bridgehead atoms. The van der Waals surface area contributed by atoms with Crippen LogP contribution in [0.5, 0.6) is 0 Å². The molecule has 0 radical (unpaired) electrons. The third-order valence-electron chi connectivity index (χ3n) is 4.40. The number of piperidine rings is 1. The highest BCUT2D eigenvalue weighted by Crippen LogP contribution is 2.22. The second-order valence-electron chi connectivity index (χ2n) is 5.74. The van der Waals surface area contributed by atoms with E-state index in [2.05, 4.69) is 21.4 Å². The van der Waals surface area contributed by atoms with Crippen molar-refractivity contribution >= 4 is 5.91 Å². The molecule has 1 aromatic rings. The van der Waals surface area contributed by atoms with Crippen LogP contribution in [0.3, 0.4) is 0 Å². The van der Waals surface area contributed by atoms with Gasteiger partial charge in [-0.3, -0.25) is 4.79 Å². The van der Waals surface area contributed by atoms with E-state index in [9.17, 15) is 4.79 Å². The van der Waals surface area contributed by atoms with Gasteiger partial charge in [-0.1, -0.05) is 12.8 Å². The first-order valence-corrected chi connectivity index (χ1v) is 7.53. The summed E-state index contributed by atoms with van der Waals surface area (Å²) in [7, 11) is 0. The first kappa shape index (κ1) is 12.7. The van der Waals surface area contributed by atoms with Crippen LogP contribution in [-0.2, 0) is 0 Å². The molecule has 3 rings (SSSR count). The lowest BCUT2D eigenvalue weighted by molar-refractivity contribution is 0.0925. The summed E-state index contributed by atoms with van der Waals surface area (Å²) in [6.45, 7) is 2.10. The fourth-order valence-corrected chi connectivity index (χ4v) is 3.32. The molecule has 1 amide bonds. The molecule has 4 heteroatoms. The molecule has 1 aromatic heterocycles. The summed E-state index contributed by atoms with van der Waals surface area (Å²) in [5, 5.41) is 6.56. The Morgan fingerprint density at radius 1 is 1.21 bits per heavy atom. The van der Waals surface area contributed by atoms with Crippen LogP contribution in [-0.4, -0.2) is 29.6 Å². The number of nitrogens with one attached hydrogen (secondary N) is 2. The molecule has 0 spiro atoms. The van der Waals surface area contributed by atoms with Crippen LogP contribution in [0.1, 0.15) is 55.1 Å². The number of rotatable bonds is 3. The molecule has 2 fully saturated rings. The van der Waals surface area contributed by atoms with Gasteiger partial charge in [0.1, 0.15) is 5.69 Å². The zero-order valence-electron chi connectivity index (χ0n) is 11.4. The smallest absolute Gasteiger partial charge is 0.268 e. The Morgan fingerprint density at radius 3 is 2.68 bits per heavy atom. The third-order valence-corrected chi connectivity index (χ3v) is 4.40. The standard InChI is InChI=1S/C15H23N3O/c19-15(17-12-4-1-2-5-12)14-6-3-11-18(14)13-7-9-16-10-8-13/h3,6,11-13,16H,1-2,4-5,7-10H2,(H,17,19). The Balaban J connectivity index is 1.69. The number of carbonyl (C=O) groups excluding carboxylic acids is 1.